The summed E-state index contributed by atoms with van der Waals surface area (Å²) in [5, 5.41) is 11.6. The van der Waals surface area contributed by atoms with E-state index in [0.717, 1.165) is 38.9 Å². The summed E-state index contributed by atoms with van der Waals surface area (Å²) in [5.74, 6) is 1.77. The predicted octanol–water partition coefficient (Wildman–Crippen LogP) is 5.27. The molecule has 5 fully saturated rings. The molecule has 3 saturated carbocycles. The van der Waals surface area contributed by atoms with Gasteiger partial charge in [0.2, 0.25) is 0 Å². The van der Waals surface area contributed by atoms with Crippen LogP contribution in [0.2, 0.25) is 0 Å². The van der Waals surface area contributed by atoms with Crippen LogP contribution in [-0.2, 0) is 23.7 Å². The highest BCUT2D eigenvalue weighted by Crippen LogP contribution is 2.69. The summed E-state index contributed by atoms with van der Waals surface area (Å²) >= 11 is 0. The summed E-state index contributed by atoms with van der Waals surface area (Å²) in [6.07, 6.45) is 8.94. The Kier molecular flexibility index (Phi) is 6.42. The maximum atomic E-state index is 11.7. The summed E-state index contributed by atoms with van der Waals surface area (Å²) in [5.41, 5.74) is 1.52. The number of aliphatic hydroxyl groups excluding tert-OH is 1. The van der Waals surface area contributed by atoms with Gasteiger partial charge >= 0.3 is 5.97 Å². The van der Waals surface area contributed by atoms with Gasteiger partial charge in [0.1, 0.15) is 12.2 Å². The summed E-state index contributed by atoms with van der Waals surface area (Å²) in [6, 6.07) is 0. The summed E-state index contributed by atoms with van der Waals surface area (Å²) in [6.45, 7) is 14.8. The molecule has 0 bridgehead atoms. The van der Waals surface area contributed by atoms with Crippen molar-refractivity contribution < 1.29 is 28.8 Å². The summed E-state index contributed by atoms with van der Waals surface area (Å²) in [7, 11) is 0. The number of epoxide rings is 1. The number of aliphatic hydroxyl groups is 1. The van der Waals surface area contributed by atoms with Gasteiger partial charge < -0.3 is 24.1 Å². The molecule has 0 aromatic carbocycles. The molecule has 208 valence electrons. The largest absolute Gasteiger partial charge is 0.459 e. The molecular formula is C31H48O6. The molecule has 6 heteroatoms. The highest BCUT2D eigenvalue weighted by Gasteiger charge is 2.69. The molecule has 2 saturated heterocycles. The normalized spacial score (nSPS) is 49.1. The fourth-order valence-electron chi connectivity index (χ4n) is 9.99. The van der Waals surface area contributed by atoms with Crippen molar-refractivity contribution in [2.45, 2.75) is 117 Å². The van der Waals surface area contributed by atoms with Gasteiger partial charge in [-0.15, -0.1) is 0 Å². The summed E-state index contributed by atoms with van der Waals surface area (Å²) < 4.78 is 24.7. The van der Waals surface area contributed by atoms with E-state index in [1.807, 2.05) is 0 Å². The maximum Gasteiger partial charge on any atom is 0.303 e. The van der Waals surface area contributed by atoms with Crippen molar-refractivity contribution in [3.8, 4) is 0 Å². The van der Waals surface area contributed by atoms with Gasteiger partial charge in [-0.1, -0.05) is 46.3 Å². The highest BCUT2D eigenvalue weighted by atomic mass is 16.7. The number of carbonyl (C=O) groups is 1. The molecule has 2 aliphatic heterocycles. The minimum Gasteiger partial charge on any atom is -0.459 e. The van der Waals surface area contributed by atoms with E-state index in [0.29, 0.717) is 30.1 Å². The van der Waals surface area contributed by atoms with E-state index in [4.69, 9.17) is 18.9 Å². The van der Waals surface area contributed by atoms with Crippen LogP contribution in [0.15, 0.2) is 11.6 Å². The average molecular weight is 517 g/mol. The van der Waals surface area contributed by atoms with Gasteiger partial charge in [-0.2, -0.15) is 0 Å². The third kappa shape index (κ3) is 3.82. The van der Waals surface area contributed by atoms with E-state index < -0.39 is 6.10 Å². The fourth-order valence-corrected chi connectivity index (χ4v) is 9.99. The van der Waals surface area contributed by atoms with Crippen LogP contribution in [-0.4, -0.2) is 55.0 Å². The van der Waals surface area contributed by atoms with Crippen molar-refractivity contribution in [2.75, 3.05) is 13.2 Å². The minimum atomic E-state index is -0.447. The van der Waals surface area contributed by atoms with Crippen molar-refractivity contribution in [1.29, 1.82) is 0 Å². The van der Waals surface area contributed by atoms with Crippen LogP contribution in [0.1, 0.15) is 86.5 Å². The highest BCUT2D eigenvalue weighted by molar-refractivity contribution is 5.66. The third-order valence-corrected chi connectivity index (χ3v) is 12.5. The van der Waals surface area contributed by atoms with Crippen LogP contribution >= 0.6 is 0 Å². The lowest BCUT2D eigenvalue weighted by molar-refractivity contribution is -0.261. The number of hydrogen-bond acceptors (Lipinski definition) is 6. The topological polar surface area (TPSA) is 77.5 Å². The van der Waals surface area contributed by atoms with E-state index in [2.05, 4.69) is 40.7 Å². The number of hydrogen-bond donors (Lipinski definition) is 1. The first kappa shape index (κ1) is 26.3. The van der Waals surface area contributed by atoms with Crippen molar-refractivity contribution in [1.82, 2.24) is 0 Å². The molecule has 6 rings (SSSR count). The molecule has 0 radical (unpaired) electrons. The number of rotatable bonds is 5. The number of carbonyl (C=O) groups excluding carboxylic acids is 1. The Balaban J connectivity index is 1.21. The minimum absolute atomic E-state index is 0.00515. The van der Waals surface area contributed by atoms with E-state index in [-0.39, 0.29) is 52.7 Å². The van der Waals surface area contributed by atoms with E-state index in [1.54, 1.807) is 0 Å². The molecule has 37 heavy (non-hydrogen) atoms. The van der Waals surface area contributed by atoms with Gasteiger partial charge in [0, 0.05) is 30.1 Å². The first-order chi connectivity index (χ1) is 17.6. The zero-order valence-corrected chi connectivity index (χ0v) is 23.7. The maximum absolute atomic E-state index is 11.7. The van der Waals surface area contributed by atoms with Crippen molar-refractivity contribution in [3.05, 3.63) is 11.6 Å². The Bertz CT molecular complexity index is 932. The SMILES string of the molecule is CCC1(CC)COC(C(C)[C@H]2CC[C@H]3[C@@H]4C(O)C=C5CC(OC(C)=O)C6OC6[C@]5(C)[C@H]4CC[C@]23C)OC1. The van der Waals surface area contributed by atoms with Crippen LogP contribution in [0.5, 0.6) is 0 Å². The number of ether oxygens (including phenoxy) is 4. The quantitative estimate of drug-likeness (QED) is 0.305. The smallest absolute Gasteiger partial charge is 0.303 e. The third-order valence-electron chi connectivity index (χ3n) is 12.5. The Morgan fingerprint density at radius 2 is 1.84 bits per heavy atom. The lowest BCUT2D eigenvalue weighted by Crippen LogP contribution is -2.57. The molecule has 1 N–H and O–H groups in total. The second kappa shape index (κ2) is 9.04. The molecule has 0 aromatic rings. The molecule has 0 spiro atoms. The van der Waals surface area contributed by atoms with E-state index in [9.17, 15) is 9.90 Å². The van der Waals surface area contributed by atoms with Gasteiger partial charge in [-0.25, -0.2) is 0 Å². The Labute approximate surface area is 222 Å². The van der Waals surface area contributed by atoms with Crippen LogP contribution in [0, 0.1) is 45.8 Å². The second-order valence-corrected chi connectivity index (χ2v) is 13.9. The Hall–Kier alpha value is -0.950. The van der Waals surface area contributed by atoms with Crippen LogP contribution < -0.4 is 0 Å². The molecular weight excluding hydrogens is 468 g/mol. The van der Waals surface area contributed by atoms with Crippen LogP contribution in [0.3, 0.4) is 0 Å². The Morgan fingerprint density at radius 3 is 2.49 bits per heavy atom. The fraction of sp³-hybridized carbons (Fsp3) is 0.903. The molecule has 5 unspecified atom stereocenters. The molecule has 0 amide bonds. The summed E-state index contributed by atoms with van der Waals surface area (Å²) in [4.78, 5) is 11.7. The van der Waals surface area contributed by atoms with Crippen molar-refractivity contribution in [2.24, 2.45) is 45.8 Å². The van der Waals surface area contributed by atoms with Gasteiger partial charge in [0.05, 0.1) is 25.4 Å². The lowest BCUT2D eigenvalue weighted by Gasteiger charge is -2.59. The molecule has 0 aromatic heterocycles. The van der Waals surface area contributed by atoms with Crippen molar-refractivity contribution in [3.63, 3.8) is 0 Å². The average Bonchev–Trinajstić information content (AvgIpc) is 3.62. The van der Waals surface area contributed by atoms with E-state index in [1.165, 1.54) is 25.3 Å². The van der Waals surface area contributed by atoms with Crippen molar-refractivity contribution >= 4 is 5.97 Å². The number of esters is 1. The molecule has 2 heterocycles. The molecule has 11 atom stereocenters. The van der Waals surface area contributed by atoms with Gasteiger partial charge in [-0.05, 0) is 67.6 Å². The molecule has 4 aliphatic carbocycles. The second-order valence-electron chi connectivity index (χ2n) is 13.9. The Morgan fingerprint density at radius 1 is 1.14 bits per heavy atom. The lowest BCUT2D eigenvalue weighted by atomic mass is 9.46. The molecule has 6 nitrogen and oxygen atoms in total. The number of fused-ring (bicyclic) bond motifs is 7. The van der Waals surface area contributed by atoms with Crippen LogP contribution in [0.4, 0.5) is 0 Å². The van der Waals surface area contributed by atoms with E-state index >= 15 is 0 Å². The first-order valence-electron chi connectivity index (χ1n) is 15.0. The van der Waals surface area contributed by atoms with Gasteiger partial charge in [0.15, 0.2) is 6.29 Å². The van der Waals surface area contributed by atoms with Gasteiger partial charge in [0.25, 0.3) is 0 Å². The zero-order valence-electron chi connectivity index (χ0n) is 23.7. The van der Waals surface area contributed by atoms with Crippen LogP contribution in [0.25, 0.3) is 0 Å². The standard InChI is InChI=1S/C31H48O6/c1-7-31(8-2)15-34-28(35-16-31)17(3)20-9-10-21-25-22(11-12-29(20,21)5)30(6)19(13-23(25)33)14-24(36-18(4)32)26-27(30)37-26/h13,17,20-28,33H,7-12,14-16H2,1-6H3/t17?,20-,21+,22+,23?,24?,25+,26?,27?,29-,30+/m1/s1. The predicted molar refractivity (Wildman–Crippen MR) is 139 cm³/mol. The van der Waals surface area contributed by atoms with Gasteiger partial charge in [-0.3, -0.25) is 4.79 Å². The first-order valence-corrected chi connectivity index (χ1v) is 15.0. The molecule has 6 aliphatic rings. The zero-order chi connectivity index (χ0) is 26.3. The monoisotopic (exact) mass is 516 g/mol.